The van der Waals surface area contributed by atoms with Gasteiger partial charge in [-0.05, 0) is 30.0 Å². The highest BCUT2D eigenvalue weighted by Crippen LogP contribution is 2.59. The second kappa shape index (κ2) is 6.53. The normalized spacial score (nSPS) is 28.7. The smallest absolute Gasteiger partial charge is 0.414 e. The van der Waals surface area contributed by atoms with Gasteiger partial charge in [0.15, 0.2) is 0 Å². The lowest BCUT2D eigenvalue weighted by Gasteiger charge is -2.21. The van der Waals surface area contributed by atoms with Gasteiger partial charge < -0.3 is 20.1 Å². The third-order valence-corrected chi connectivity index (χ3v) is 5.84. The van der Waals surface area contributed by atoms with Crippen molar-refractivity contribution in [1.82, 2.24) is 10.2 Å². The van der Waals surface area contributed by atoms with E-state index >= 15 is 0 Å². The Kier molecular flexibility index (Phi) is 4.30. The molecule has 3 amide bonds. The highest BCUT2D eigenvalue weighted by molar-refractivity contribution is 5.89. The SMILES string of the molecule is CC(=O)NC[C@H]1CN(c2ccc([C@@]34C[C@@H]3CN(C(=O)CO)C4)cc2)C(=O)O1. The monoisotopic (exact) mass is 373 g/mol. The Morgan fingerprint density at radius 2 is 2.04 bits per heavy atom. The summed E-state index contributed by atoms with van der Waals surface area (Å²) in [6, 6.07) is 7.82. The molecule has 0 radical (unpaired) electrons. The minimum absolute atomic E-state index is 0.0111. The number of rotatable bonds is 5. The Labute approximate surface area is 157 Å². The van der Waals surface area contributed by atoms with Crippen LogP contribution in [0.3, 0.4) is 0 Å². The van der Waals surface area contributed by atoms with Gasteiger partial charge in [0, 0.05) is 31.1 Å². The van der Waals surface area contributed by atoms with Crippen LogP contribution in [0, 0.1) is 5.92 Å². The first-order valence-electron chi connectivity index (χ1n) is 9.15. The van der Waals surface area contributed by atoms with E-state index in [-0.39, 0.29) is 23.3 Å². The number of nitrogens with one attached hydrogen (secondary N) is 1. The predicted octanol–water partition coefficient (Wildman–Crippen LogP) is 0.240. The molecule has 8 nitrogen and oxygen atoms in total. The molecule has 0 bridgehead atoms. The van der Waals surface area contributed by atoms with Gasteiger partial charge >= 0.3 is 6.09 Å². The second-order valence-corrected chi connectivity index (χ2v) is 7.59. The van der Waals surface area contributed by atoms with Crippen molar-refractivity contribution in [2.24, 2.45) is 5.92 Å². The van der Waals surface area contributed by atoms with Gasteiger partial charge in [-0.1, -0.05) is 12.1 Å². The molecule has 3 aliphatic rings. The van der Waals surface area contributed by atoms with Crippen molar-refractivity contribution >= 4 is 23.6 Å². The zero-order chi connectivity index (χ0) is 19.2. The molecule has 0 aromatic heterocycles. The topological polar surface area (TPSA) is 99.2 Å². The summed E-state index contributed by atoms with van der Waals surface area (Å²) in [6.45, 7) is 3.01. The zero-order valence-electron chi connectivity index (χ0n) is 15.2. The molecule has 0 unspecified atom stereocenters. The number of ether oxygens (including phenoxy) is 1. The second-order valence-electron chi connectivity index (χ2n) is 7.59. The average molecular weight is 373 g/mol. The van der Waals surface area contributed by atoms with Gasteiger partial charge in [0.1, 0.15) is 12.7 Å². The molecule has 1 saturated carbocycles. The minimum Gasteiger partial charge on any atom is -0.442 e. The number of fused-ring (bicyclic) bond motifs is 1. The molecule has 3 fully saturated rings. The number of benzene rings is 1. The first-order valence-corrected chi connectivity index (χ1v) is 9.15. The quantitative estimate of drug-likeness (QED) is 0.770. The van der Waals surface area contributed by atoms with Crippen LogP contribution in [0.4, 0.5) is 10.5 Å². The maximum atomic E-state index is 12.1. The van der Waals surface area contributed by atoms with Crippen LogP contribution in [0.5, 0.6) is 0 Å². The van der Waals surface area contributed by atoms with Gasteiger partial charge in [-0.25, -0.2) is 4.79 Å². The minimum atomic E-state index is -0.446. The van der Waals surface area contributed by atoms with E-state index in [1.165, 1.54) is 6.92 Å². The highest BCUT2D eigenvalue weighted by Gasteiger charge is 2.61. The van der Waals surface area contributed by atoms with Crippen LogP contribution >= 0.6 is 0 Å². The van der Waals surface area contributed by atoms with Crippen LogP contribution < -0.4 is 10.2 Å². The Hall–Kier alpha value is -2.61. The van der Waals surface area contributed by atoms with Crippen molar-refractivity contribution < 1.29 is 24.2 Å². The van der Waals surface area contributed by atoms with Crippen molar-refractivity contribution in [3.8, 4) is 0 Å². The molecule has 1 aromatic rings. The molecule has 2 aliphatic heterocycles. The number of piperidine rings is 1. The van der Waals surface area contributed by atoms with Crippen molar-refractivity contribution in [2.45, 2.75) is 24.9 Å². The Bertz CT molecular complexity index is 780. The van der Waals surface area contributed by atoms with E-state index in [1.54, 1.807) is 9.80 Å². The molecule has 2 heterocycles. The molecule has 27 heavy (non-hydrogen) atoms. The summed E-state index contributed by atoms with van der Waals surface area (Å²) in [5, 5.41) is 11.7. The highest BCUT2D eigenvalue weighted by atomic mass is 16.6. The number of nitrogens with zero attached hydrogens (tertiary/aromatic N) is 2. The number of carbonyl (C=O) groups is 3. The van der Waals surface area contributed by atoms with Crippen LogP contribution in [0.1, 0.15) is 18.9 Å². The maximum absolute atomic E-state index is 12.1. The van der Waals surface area contributed by atoms with E-state index < -0.39 is 12.7 Å². The lowest BCUT2D eigenvalue weighted by atomic mass is 9.94. The van der Waals surface area contributed by atoms with Gasteiger partial charge in [-0.3, -0.25) is 14.5 Å². The number of hydrogen-bond acceptors (Lipinski definition) is 5. The molecular weight excluding hydrogens is 350 g/mol. The Morgan fingerprint density at radius 1 is 1.30 bits per heavy atom. The summed E-state index contributed by atoms with van der Waals surface area (Å²) in [7, 11) is 0. The molecule has 8 heteroatoms. The van der Waals surface area contributed by atoms with Crippen LogP contribution in [0.25, 0.3) is 0 Å². The van der Waals surface area contributed by atoms with Gasteiger partial charge in [-0.15, -0.1) is 0 Å². The predicted molar refractivity (Wildman–Crippen MR) is 96.2 cm³/mol. The number of likely N-dealkylation sites (tertiary alicyclic amines) is 1. The van der Waals surface area contributed by atoms with Crippen LogP contribution in [-0.2, 0) is 19.7 Å². The molecule has 1 aliphatic carbocycles. The maximum Gasteiger partial charge on any atom is 0.414 e. The third-order valence-electron chi connectivity index (χ3n) is 5.84. The van der Waals surface area contributed by atoms with Gasteiger partial charge in [0.05, 0.1) is 13.1 Å². The molecule has 0 spiro atoms. The molecule has 2 N–H and O–H groups in total. The number of carbonyl (C=O) groups excluding carboxylic acids is 3. The van der Waals surface area contributed by atoms with Gasteiger partial charge in [0.25, 0.3) is 0 Å². The fourth-order valence-electron chi connectivity index (χ4n) is 4.29. The van der Waals surface area contributed by atoms with E-state index in [0.29, 0.717) is 32.1 Å². The van der Waals surface area contributed by atoms with Crippen molar-refractivity contribution in [2.75, 3.05) is 37.7 Å². The fourth-order valence-corrected chi connectivity index (χ4v) is 4.29. The van der Waals surface area contributed by atoms with E-state index in [1.807, 2.05) is 24.3 Å². The van der Waals surface area contributed by atoms with Crippen molar-refractivity contribution in [3.63, 3.8) is 0 Å². The molecule has 1 aromatic carbocycles. The number of aliphatic hydroxyl groups excluding tert-OH is 1. The lowest BCUT2D eigenvalue weighted by Crippen LogP contribution is -2.34. The largest absolute Gasteiger partial charge is 0.442 e. The number of aliphatic hydroxyl groups is 1. The molecule has 4 rings (SSSR count). The van der Waals surface area contributed by atoms with E-state index in [2.05, 4.69) is 5.32 Å². The number of amides is 3. The lowest BCUT2D eigenvalue weighted by molar-refractivity contribution is -0.133. The number of anilines is 1. The van der Waals surface area contributed by atoms with Crippen LogP contribution in [-0.4, -0.2) is 66.8 Å². The molecule has 144 valence electrons. The average Bonchev–Trinajstić information content (AvgIpc) is 3.03. The fraction of sp³-hybridized carbons (Fsp3) is 0.526. The number of cyclic esters (lactones) is 1. The van der Waals surface area contributed by atoms with Crippen LogP contribution in [0.2, 0.25) is 0 Å². The molecule has 3 atom stereocenters. The summed E-state index contributed by atoms with van der Waals surface area (Å²) < 4.78 is 5.29. The summed E-state index contributed by atoms with van der Waals surface area (Å²) in [5.41, 5.74) is 1.90. The summed E-state index contributed by atoms with van der Waals surface area (Å²) in [5.74, 6) is 0.0678. The Balaban J connectivity index is 1.42. The van der Waals surface area contributed by atoms with E-state index in [0.717, 1.165) is 17.7 Å². The van der Waals surface area contributed by atoms with E-state index in [9.17, 15) is 14.4 Å². The Morgan fingerprint density at radius 3 is 2.70 bits per heavy atom. The van der Waals surface area contributed by atoms with Crippen molar-refractivity contribution in [3.05, 3.63) is 29.8 Å². The third kappa shape index (κ3) is 3.14. The van der Waals surface area contributed by atoms with Crippen LogP contribution in [0.15, 0.2) is 24.3 Å². The summed E-state index contributed by atoms with van der Waals surface area (Å²) >= 11 is 0. The summed E-state index contributed by atoms with van der Waals surface area (Å²) in [6.07, 6.45) is 0.271. The summed E-state index contributed by atoms with van der Waals surface area (Å²) in [4.78, 5) is 38.2. The zero-order valence-corrected chi connectivity index (χ0v) is 15.2. The van der Waals surface area contributed by atoms with Crippen molar-refractivity contribution in [1.29, 1.82) is 0 Å². The standard InChI is InChI=1S/C19H23N3O5/c1-12(24)20-7-16-9-22(18(26)27-16)15-4-2-13(3-5-15)19-6-14(19)8-21(11-19)17(25)10-23/h2-5,14,16,23H,6-11H2,1H3,(H,20,24)/t14-,16+,19+/m1/s1. The molecule has 2 saturated heterocycles. The molecular formula is C19H23N3O5. The van der Waals surface area contributed by atoms with Gasteiger partial charge in [0.2, 0.25) is 11.8 Å². The first-order chi connectivity index (χ1) is 12.9. The first kappa shape index (κ1) is 17.8. The van der Waals surface area contributed by atoms with E-state index in [4.69, 9.17) is 9.84 Å². The number of hydrogen-bond donors (Lipinski definition) is 2. The van der Waals surface area contributed by atoms with Gasteiger partial charge in [-0.2, -0.15) is 0 Å².